The molecule has 0 amide bonds. The fourth-order valence-electron chi connectivity index (χ4n) is 0.845. The van der Waals surface area contributed by atoms with Crippen molar-refractivity contribution in [2.45, 2.75) is 13.0 Å². The maximum atomic E-state index is 10.4. The first-order chi connectivity index (χ1) is 6.59. The molecule has 1 atom stereocenters. The number of nitrogens with two attached hydrogens (primary N) is 1. The van der Waals surface area contributed by atoms with E-state index in [1.807, 2.05) is 13.0 Å². The van der Waals surface area contributed by atoms with Crippen LogP contribution in [0.15, 0.2) is 18.2 Å². The molecule has 0 saturated heterocycles. The van der Waals surface area contributed by atoms with Crippen LogP contribution in [-0.2, 0) is 4.79 Å². The predicted octanol–water partition coefficient (Wildman–Crippen LogP) is 0.181. The van der Waals surface area contributed by atoms with E-state index in [0.29, 0.717) is 5.88 Å². The summed E-state index contributed by atoms with van der Waals surface area (Å²) in [5.74, 6) is -0.695. The van der Waals surface area contributed by atoms with Gasteiger partial charge < -0.3 is 15.6 Å². The molecule has 0 aliphatic carbocycles. The highest BCUT2D eigenvalue weighted by Crippen LogP contribution is 2.06. The molecule has 0 bridgehead atoms. The Kier molecular flexibility index (Phi) is 3.41. The summed E-state index contributed by atoms with van der Waals surface area (Å²) in [6.45, 7) is 1.75. The molecule has 1 heterocycles. The molecule has 1 unspecified atom stereocenters. The monoisotopic (exact) mass is 196 g/mol. The van der Waals surface area contributed by atoms with Gasteiger partial charge in [-0.25, -0.2) is 4.98 Å². The van der Waals surface area contributed by atoms with Crippen LogP contribution >= 0.6 is 0 Å². The van der Waals surface area contributed by atoms with E-state index in [-0.39, 0.29) is 6.61 Å². The zero-order valence-electron chi connectivity index (χ0n) is 7.80. The second-order valence-corrected chi connectivity index (χ2v) is 2.87. The van der Waals surface area contributed by atoms with Gasteiger partial charge in [-0.2, -0.15) is 0 Å². The van der Waals surface area contributed by atoms with Crippen LogP contribution in [0.3, 0.4) is 0 Å². The second-order valence-electron chi connectivity index (χ2n) is 2.87. The van der Waals surface area contributed by atoms with Gasteiger partial charge in [0.1, 0.15) is 12.6 Å². The summed E-state index contributed by atoms with van der Waals surface area (Å²) in [5, 5.41) is 8.49. The first-order valence-electron chi connectivity index (χ1n) is 4.14. The minimum atomic E-state index is -1.09. The summed E-state index contributed by atoms with van der Waals surface area (Å²) in [6, 6.07) is 4.24. The lowest BCUT2D eigenvalue weighted by Crippen LogP contribution is -2.36. The highest BCUT2D eigenvalue weighted by Gasteiger charge is 2.11. The Hall–Kier alpha value is -1.62. The summed E-state index contributed by atoms with van der Waals surface area (Å²) in [5.41, 5.74) is 6.06. The van der Waals surface area contributed by atoms with E-state index in [1.54, 1.807) is 12.1 Å². The fraction of sp³-hybridized carbons (Fsp3) is 0.333. The van der Waals surface area contributed by atoms with Crippen LogP contribution in [0.5, 0.6) is 5.88 Å². The van der Waals surface area contributed by atoms with E-state index in [9.17, 15) is 4.79 Å². The number of hydrogen-bond acceptors (Lipinski definition) is 4. The van der Waals surface area contributed by atoms with Crippen LogP contribution in [0.4, 0.5) is 0 Å². The third-order valence-electron chi connectivity index (χ3n) is 1.59. The lowest BCUT2D eigenvalue weighted by atomic mass is 10.3. The maximum absolute atomic E-state index is 10.4. The van der Waals surface area contributed by atoms with Gasteiger partial charge in [-0.05, 0) is 13.0 Å². The Morgan fingerprint density at radius 1 is 1.71 bits per heavy atom. The van der Waals surface area contributed by atoms with Gasteiger partial charge in [-0.15, -0.1) is 0 Å². The topological polar surface area (TPSA) is 85.4 Å². The number of carbonyl (C=O) groups is 1. The Morgan fingerprint density at radius 3 is 3.00 bits per heavy atom. The third-order valence-corrected chi connectivity index (χ3v) is 1.59. The van der Waals surface area contributed by atoms with Crippen molar-refractivity contribution in [3.8, 4) is 5.88 Å². The Balaban J connectivity index is 2.49. The molecule has 14 heavy (non-hydrogen) atoms. The van der Waals surface area contributed by atoms with Crippen molar-refractivity contribution in [2.24, 2.45) is 5.73 Å². The molecular formula is C9H12N2O3. The lowest BCUT2D eigenvalue weighted by molar-refractivity contribution is -0.139. The van der Waals surface area contributed by atoms with Crippen molar-refractivity contribution in [3.05, 3.63) is 23.9 Å². The number of aromatic nitrogens is 1. The standard InChI is InChI=1S/C9H12N2O3/c1-6-3-2-4-8(11-6)14-5-7(10)9(12)13/h2-4,7H,5,10H2,1H3,(H,12,13). The average Bonchev–Trinajstić information content (AvgIpc) is 2.14. The van der Waals surface area contributed by atoms with E-state index >= 15 is 0 Å². The normalized spacial score (nSPS) is 12.1. The van der Waals surface area contributed by atoms with Gasteiger partial charge in [0, 0.05) is 11.8 Å². The van der Waals surface area contributed by atoms with Gasteiger partial charge in [0.2, 0.25) is 5.88 Å². The summed E-state index contributed by atoms with van der Waals surface area (Å²) >= 11 is 0. The number of hydrogen-bond donors (Lipinski definition) is 2. The van der Waals surface area contributed by atoms with Crippen LogP contribution < -0.4 is 10.5 Å². The van der Waals surface area contributed by atoms with E-state index in [0.717, 1.165) is 5.69 Å². The summed E-state index contributed by atoms with van der Waals surface area (Å²) in [6.07, 6.45) is 0. The number of carboxylic acid groups (broad SMARTS) is 1. The highest BCUT2D eigenvalue weighted by atomic mass is 16.5. The molecule has 3 N–H and O–H groups in total. The van der Waals surface area contributed by atoms with Crippen LogP contribution in [0, 0.1) is 6.92 Å². The van der Waals surface area contributed by atoms with E-state index < -0.39 is 12.0 Å². The van der Waals surface area contributed by atoms with Crippen molar-refractivity contribution in [1.29, 1.82) is 0 Å². The van der Waals surface area contributed by atoms with Crippen LogP contribution in [-0.4, -0.2) is 28.7 Å². The number of nitrogens with zero attached hydrogens (tertiary/aromatic N) is 1. The molecule has 0 radical (unpaired) electrons. The molecule has 0 spiro atoms. The Labute approximate surface area is 81.5 Å². The molecule has 1 rings (SSSR count). The molecule has 76 valence electrons. The van der Waals surface area contributed by atoms with Crippen molar-refractivity contribution >= 4 is 5.97 Å². The quantitative estimate of drug-likeness (QED) is 0.717. The van der Waals surface area contributed by atoms with Gasteiger partial charge in [0.25, 0.3) is 0 Å². The Bertz CT molecular complexity index is 328. The highest BCUT2D eigenvalue weighted by molar-refractivity contribution is 5.73. The molecule has 0 aliphatic heterocycles. The van der Waals surface area contributed by atoms with E-state index in [1.165, 1.54) is 0 Å². The van der Waals surface area contributed by atoms with Crippen molar-refractivity contribution in [1.82, 2.24) is 4.98 Å². The Morgan fingerprint density at radius 2 is 2.43 bits per heavy atom. The van der Waals surface area contributed by atoms with Crippen LogP contribution in [0.2, 0.25) is 0 Å². The molecule has 1 aromatic rings. The molecule has 0 saturated carbocycles. The number of pyridine rings is 1. The van der Waals surface area contributed by atoms with Gasteiger partial charge in [-0.3, -0.25) is 4.79 Å². The smallest absolute Gasteiger partial charge is 0.324 e. The molecule has 0 fully saturated rings. The number of rotatable bonds is 4. The first-order valence-corrected chi connectivity index (χ1v) is 4.14. The minimum Gasteiger partial charge on any atom is -0.480 e. The summed E-state index contributed by atoms with van der Waals surface area (Å²) in [7, 11) is 0. The average molecular weight is 196 g/mol. The first kappa shape index (κ1) is 10.5. The number of ether oxygens (including phenoxy) is 1. The SMILES string of the molecule is Cc1cccc(OCC(N)C(=O)O)n1. The molecule has 0 aliphatic rings. The van der Waals surface area contributed by atoms with Gasteiger partial charge in [-0.1, -0.05) is 6.07 Å². The van der Waals surface area contributed by atoms with Gasteiger partial charge >= 0.3 is 5.97 Å². The third kappa shape index (κ3) is 3.02. The van der Waals surface area contributed by atoms with E-state index in [4.69, 9.17) is 15.6 Å². The maximum Gasteiger partial charge on any atom is 0.324 e. The molecule has 0 aromatic carbocycles. The zero-order chi connectivity index (χ0) is 10.6. The van der Waals surface area contributed by atoms with Gasteiger partial charge in [0.15, 0.2) is 0 Å². The summed E-state index contributed by atoms with van der Waals surface area (Å²) in [4.78, 5) is 14.4. The molecule has 1 aromatic heterocycles. The predicted molar refractivity (Wildman–Crippen MR) is 50.1 cm³/mol. The molecule has 5 nitrogen and oxygen atoms in total. The minimum absolute atomic E-state index is 0.0776. The lowest BCUT2D eigenvalue weighted by Gasteiger charge is -2.08. The van der Waals surface area contributed by atoms with Gasteiger partial charge in [0.05, 0.1) is 0 Å². The van der Waals surface area contributed by atoms with E-state index in [2.05, 4.69) is 4.98 Å². The largest absolute Gasteiger partial charge is 0.480 e. The van der Waals surface area contributed by atoms with Crippen LogP contribution in [0.25, 0.3) is 0 Å². The number of carboxylic acids is 1. The zero-order valence-corrected chi connectivity index (χ0v) is 7.80. The van der Waals surface area contributed by atoms with Crippen molar-refractivity contribution < 1.29 is 14.6 Å². The van der Waals surface area contributed by atoms with Crippen molar-refractivity contribution in [3.63, 3.8) is 0 Å². The fourth-order valence-corrected chi connectivity index (χ4v) is 0.845. The number of aryl methyl sites for hydroxylation is 1. The summed E-state index contributed by atoms with van der Waals surface area (Å²) < 4.78 is 5.09. The second kappa shape index (κ2) is 4.57. The van der Waals surface area contributed by atoms with Crippen LogP contribution in [0.1, 0.15) is 5.69 Å². The molecular weight excluding hydrogens is 184 g/mol. The number of aliphatic carboxylic acids is 1. The van der Waals surface area contributed by atoms with Crippen molar-refractivity contribution in [2.75, 3.05) is 6.61 Å². The molecule has 5 heteroatoms.